The number of carbonyl (C=O) groups is 1. The molecular formula is C18H27ClN2O2. The molecule has 1 aromatic carbocycles. The molecule has 0 unspecified atom stereocenters. The number of nitrogens with one attached hydrogen (secondary N) is 1. The summed E-state index contributed by atoms with van der Waals surface area (Å²) in [6.07, 6.45) is 5.97. The average Bonchev–Trinajstić information content (AvgIpc) is 2.56. The molecule has 23 heavy (non-hydrogen) atoms. The van der Waals surface area contributed by atoms with Gasteiger partial charge in [0.25, 0.3) is 0 Å². The molecule has 1 atom stereocenters. The number of carbonyl (C=O) groups excluding carboxylic acids is 1. The lowest BCUT2D eigenvalue weighted by Gasteiger charge is -2.28. The summed E-state index contributed by atoms with van der Waals surface area (Å²) in [5.74, 6) is 0.910. The average molecular weight is 339 g/mol. The molecule has 4 nitrogen and oxygen atoms in total. The molecule has 0 heterocycles. The Hall–Kier alpha value is -1.26. The molecule has 1 amide bonds. The highest BCUT2D eigenvalue weighted by Gasteiger charge is 2.22. The third kappa shape index (κ3) is 6.04. The minimum Gasteiger partial charge on any atom is -0.492 e. The van der Waals surface area contributed by atoms with E-state index >= 15 is 0 Å². The molecule has 128 valence electrons. The quantitative estimate of drug-likeness (QED) is 0.827. The summed E-state index contributed by atoms with van der Waals surface area (Å²) in [5, 5.41) is 3.87. The Morgan fingerprint density at radius 1 is 1.30 bits per heavy atom. The number of hydrogen-bond acceptors (Lipinski definition) is 3. The molecule has 0 saturated heterocycles. The largest absolute Gasteiger partial charge is 0.492 e. The van der Waals surface area contributed by atoms with E-state index in [0.29, 0.717) is 24.2 Å². The van der Waals surface area contributed by atoms with Gasteiger partial charge in [-0.15, -0.1) is 0 Å². The number of hydrogen-bond donors (Lipinski definition) is 1. The molecule has 1 aliphatic carbocycles. The summed E-state index contributed by atoms with van der Waals surface area (Å²) in [6, 6.07) is 7.52. The topological polar surface area (TPSA) is 41.6 Å². The van der Waals surface area contributed by atoms with E-state index in [2.05, 4.69) is 5.32 Å². The van der Waals surface area contributed by atoms with Crippen molar-refractivity contribution in [2.24, 2.45) is 0 Å². The minimum atomic E-state index is -0.147. The zero-order valence-electron chi connectivity index (χ0n) is 14.1. The van der Waals surface area contributed by atoms with Gasteiger partial charge < -0.3 is 10.1 Å². The number of amides is 1. The Labute approximate surface area is 144 Å². The normalized spacial score (nSPS) is 17.0. The lowest BCUT2D eigenvalue weighted by molar-refractivity contribution is -0.126. The van der Waals surface area contributed by atoms with Crippen molar-refractivity contribution in [3.8, 4) is 5.75 Å². The van der Waals surface area contributed by atoms with Crippen molar-refractivity contribution in [3.05, 3.63) is 29.3 Å². The van der Waals surface area contributed by atoms with Crippen LogP contribution >= 0.6 is 11.6 Å². The second-order valence-electron chi connectivity index (χ2n) is 6.30. The van der Waals surface area contributed by atoms with E-state index in [-0.39, 0.29) is 11.9 Å². The first kappa shape index (κ1) is 18.1. The molecule has 2 rings (SSSR count). The molecule has 1 aromatic rings. The van der Waals surface area contributed by atoms with Crippen LogP contribution < -0.4 is 10.1 Å². The van der Waals surface area contributed by atoms with Gasteiger partial charge in [0.05, 0.1) is 6.04 Å². The zero-order valence-corrected chi connectivity index (χ0v) is 14.8. The fraction of sp³-hybridized carbons (Fsp3) is 0.611. The van der Waals surface area contributed by atoms with E-state index in [1.807, 2.05) is 31.0 Å². The van der Waals surface area contributed by atoms with Crippen molar-refractivity contribution >= 4 is 17.5 Å². The van der Waals surface area contributed by atoms with Gasteiger partial charge in [0.2, 0.25) is 5.91 Å². The van der Waals surface area contributed by atoms with E-state index in [9.17, 15) is 4.79 Å². The maximum absolute atomic E-state index is 12.3. The van der Waals surface area contributed by atoms with Crippen LogP contribution in [0.2, 0.25) is 5.02 Å². The Bertz CT molecular complexity index is 486. The molecule has 0 aromatic heterocycles. The van der Waals surface area contributed by atoms with Gasteiger partial charge in [-0.05, 0) is 51.1 Å². The van der Waals surface area contributed by atoms with Crippen molar-refractivity contribution < 1.29 is 9.53 Å². The van der Waals surface area contributed by atoms with Crippen LogP contribution in [0.25, 0.3) is 0 Å². The summed E-state index contributed by atoms with van der Waals surface area (Å²) in [4.78, 5) is 14.3. The van der Waals surface area contributed by atoms with Gasteiger partial charge in [0.1, 0.15) is 12.4 Å². The molecule has 1 N–H and O–H groups in total. The molecule has 1 saturated carbocycles. The van der Waals surface area contributed by atoms with Gasteiger partial charge >= 0.3 is 0 Å². The second kappa shape index (κ2) is 9.14. The lowest BCUT2D eigenvalue weighted by atomic mass is 9.95. The zero-order chi connectivity index (χ0) is 16.7. The lowest BCUT2D eigenvalue weighted by Crippen LogP contribution is -2.48. The van der Waals surface area contributed by atoms with Crippen LogP contribution in [0, 0.1) is 0 Å². The number of nitrogens with zero attached hydrogens (tertiary/aromatic N) is 1. The molecule has 0 radical (unpaired) electrons. The van der Waals surface area contributed by atoms with Crippen molar-refractivity contribution in [1.82, 2.24) is 10.2 Å². The van der Waals surface area contributed by atoms with Gasteiger partial charge in [-0.1, -0.05) is 30.9 Å². The van der Waals surface area contributed by atoms with Crippen molar-refractivity contribution in [2.75, 3.05) is 20.2 Å². The highest BCUT2D eigenvalue weighted by Crippen LogP contribution is 2.18. The molecule has 5 heteroatoms. The number of halogens is 1. The summed E-state index contributed by atoms with van der Waals surface area (Å²) in [5.41, 5.74) is 0. The highest BCUT2D eigenvalue weighted by molar-refractivity contribution is 6.30. The molecule has 0 aliphatic heterocycles. The first-order chi connectivity index (χ1) is 11.1. The van der Waals surface area contributed by atoms with E-state index < -0.39 is 0 Å². The van der Waals surface area contributed by atoms with Crippen LogP contribution in [0.3, 0.4) is 0 Å². The maximum Gasteiger partial charge on any atom is 0.237 e. The Morgan fingerprint density at radius 2 is 1.96 bits per heavy atom. The van der Waals surface area contributed by atoms with E-state index in [0.717, 1.165) is 18.6 Å². The highest BCUT2D eigenvalue weighted by atomic mass is 35.5. The summed E-state index contributed by atoms with van der Waals surface area (Å²) >= 11 is 5.84. The van der Waals surface area contributed by atoms with Crippen LogP contribution in [-0.2, 0) is 4.79 Å². The third-order valence-electron chi connectivity index (χ3n) is 4.52. The minimum absolute atomic E-state index is 0.117. The molecular weight excluding hydrogens is 312 g/mol. The number of ether oxygens (including phenoxy) is 1. The Kier molecular flexibility index (Phi) is 7.18. The van der Waals surface area contributed by atoms with E-state index in [4.69, 9.17) is 16.3 Å². The number of benzene rings is 1. The first-order valence-corrected chi connectivity index (χ1v) is 8.83. The predicted molar refractivity (Wildman–Crippen MR) is 94.1 cm³/mol. The first-order valence-electron chi connectivity index (χ1n) is 8.45. The monoisotopic (exact) mass is 338 g/mol. The standard InChI is InChI=1S/C18H27ClN2O2/c1-14(18(22)20-16-6-4-3-5-7-16)21(2)12-13-23-17-10-8-15(19)9-11-17/h8-11,14,16H,3-7,12-13H2,1-2H3,(H,20,22)/t14-/m0/s1. The SMILES string of the molecule is C[C@@H](C(=O)NC1CCCCC1)N(C)CCOc1ccc(Cl)cc1. The van der Waals surface area contributed by atoms with Crippen molar-refractivity contribution in [1.29, 1.82) is 0 Å². The smallest absolute Gasteiger partial charge is 0.237 e. The third-order valence-corrected chi connectivity index (χ3v) is 4.77. The Balaban J connectivity index is 1.69. The maximum atomic E-state index is 12.3. The number of likely N-dealkylation sites (N-methyl/N-ethyl adjacent to an activating group) is 1. The van der Waals surface area contributed by atoms with Crippen molar-refractivity contribution in [2.45, 2.75) is 51.1 Å². The number of rotatable bonds is 7. The van der Waals surface area contributed by atoms with Gasteiger partial charge in [-0.3, -0.25) is 9.69 Å². The van der Waals surface area contributed by atoms with E-state index in [1.54, 1.807) is 12.1 Å². The summed E-state index contributed by atoms with van der Waals surface area (Å²) in [6.45, 7) is 3.18. The molecule has 0 bridgehead atoms. The van der Waals surface area contributed by atoms with Crippen LogP contribution in [-0.4, -0.2) is 43.1 Å². The van der Waals surface area contributed by atoms with Crippen molar-refractivity contribution in [3.63, 3.8) is 0 Å². The van der Waals surface area contributed by atoms with E-state index in [1.165, 1.54) is 19.3 Å². The molecule has 1 fully saturated rings. The predicted octanol–water partition coefficient (Wildman–Crippen LogP) is 3.49. The van der Waals surface area contributed by atoms with Gasteiger partial charge in [-0.2, -0.15) is 0 Å². The molecule has 0 spiro atoms. The van der Waals surface area contributed by atoms with Gasteiger partial charge in [-0.25, -0.2) is 0 Å². The van der Waals surface area contributed by atoms with Crippen LogP contribution in [0.5, 0.6) is 5.75 Å². The summed E-state index contributed by atoms with van der Waals surface area (Å²) < 4.78 is 5.68. The van der Waals surface area contributed by atoms with Gasteiger partial charge in [0, 0.05) is 17.6 Å². The fourth-order valence-electron chi connectivity index (χ4n) is 2.80. The van der Waals surface area contributed by atoms with Gasteiger partial charge in [0.15, 0.2) is 0 Å². The Morgan fingerprint density at radius 3 is 2.61 bits per heavy atom. The fourth-order valence-corrected chi connectivity index (χ4v) is 2.93. The second-order valence-corrected chi connectivity index (χ2v) is 6.74. The molecule has 1 aliphatic rings. The summed E-state index contributed by atoms with van der Waals surface area (Å²) in [7, 11) is 1.95. The van der Waals surface area contributed by atoms with Crippen LogP contribution in [0.15, 0.2) is 24.3 Å². The van der Waals surface area contributed by atoms with Crippen LogP contribution in [0.4, 0.5) is 0 Å². The van der Waals surface area contributed by atoms with Crippen LogP contribution in [0.1, 0.15) is 39.0 Å².